The highest BCUT2D eigenvalue weighted by Gasteiger charge is 2.34. The Hall–Kier alpha value is -1.82. The summed E-state index contributed by atoms with van der Waals surface area (Å²) in [6, 6.07) is -0.234. The predicted octanol–water partition coefficient (Wildman–Crippen LogP) is 5.61. The van der Waals surface area contributed by atoms with Crippen molar-refractivity contribution in [3.8, 4) is 0 Å². The van der Waals surface area contributed by atoms with Crippen LogP contribution in [0.1, 0.15) is 103 Å². The predicted molar refractivity (Wildman–Crippen MR) is 166 cm³/mol. The van der Waals surface area contributed by atoms with E-state index in [4.69, 9.17) is 16.0 Å². The van der Waals surface area contributed by atoms with E-state index in [1.807, 2.05) is 20.8 Å². The number of hydrogen-bond acceptors (Lipinski definition) is 6. The highest BCUT2D eigenvalue weighted by atomic mass is 32.1. The van der Waals surface area contributed by atoms with E-state index in [-0.39, 0.29) is 64.9 Å². The van der Waals surface area contributed by atoms with Crippen LogP contribution in [0.5, 0.6) is 0 Å². The molecule has 2 saturated heterocycles. The molecule has 0 saturated carbocycles. The molecule has 2 rings (SSSR count). The molecular formula is C27H57N3O7S2. The van der Waals surface area contributed by atoms with Crippen LogP contribution in [0, 0.1) is 0 Å². The van der Waals surface area contributed by atoms with E-state index in [0.717, 1.165) is 25.7 Å². The van der Waals surface area contributed by atoms with E-state index in [1.165, 1.54) is 4.90 Å². The van der Waals surface area contributed by atoms with Gasteiger partial charge in [-0.15, -0.1) is 0 Å². The van der Waals surface area contributed by atoms with Crippen LogP contribution in [-0.4, -0.2) is 94.3 Å². The molecule has 234 valence electrons. The third-order valence-electron chi connectivity index (χ3n) is 5.33. The van der Waals surface area contributed by atoms with Crippen molar-refractivity contribution in [2.24, 2.45) is 0 Å². The van der Waals surface area contributed by atoms with Gasteiger partial charge in [-0.1, -0.05) is 21.3 Å². The molecule has 0 aromatic carbocycles. The molecule has 0 unspecified atom stereocenters. The Morgan fingerprint density at radius 3 is 1.46 bits per heavy atom. The van der Waals surface area contributed by atoms with E-state index < -0.39 is 23.3 Å². The monoisotopic (exact) mass is 600 g/mol. The van der Waals surface area contributed by atoms with Crippen LogP contribution in [0.15, 0.2) is 0 Å². The zero-order valence-corrected chi connectivity index (χ0v) is 26.8. The Morgan fingerprint density at radius 1 is 0.846 bits per heavy atom. The molecular weight excluding hydrogens is 542 g/mol. The first kappa shape index (κ1) is 41.7. The SMILES string of the molecule is C.CC(C)(C)OC(=O)N1CCC[C@H]1CC(=O)O.CN(C)C(=O)C[C@@H]1CCCN1C(=O)OC(C)(C)C.S.S.[2H]CC. The summed E-state index contributed by atoms with van der Waals surface area (Å²) >= 11 is 0. The quantitative estimate of drug-likeness (QED) is 0.446. The fourth-order valence-corrected chi connectivity index (χ4v) is 3.80. The van der Waals surface area contributed by atoms with E-state index in [9.17, 15) is 19.2 Å². The van der Waals surface area contributed by atoms with Crippen LogP contribution in [0.2, 0.25) is 0 Å². The largest absolute Gasteiger partial charge is 0.481 e. The van der Waals surface area contributed by atoms with Gasteiger partial charge in [0.15, 0.2) is 0 Å². The fraction of sp³-hybridized carbons (Fsp3) is 0.852. The lowest BCUT2D eigenvalue weighted by Crippen LogP contribution is -2.41. The molecule has 3 amide bonds. The summed E-state index contributed by atoms with van der Waals surface area (Å²) < 4.78 is 16.8. The maximum atomic E-state index is 12.0. The van der Waals surface area contributed by atoms with Gasteiger partial charge in [0.25, 0.3) is 0 Å². The molecule has 0 radical (unpaired) electrons. The number of carbonyl (C=O) groups excluding carboxylic acids is 3. The Labute approximate surface area is 252 Å². The zero-order valence-electron chi connectivity index (χ0n) is 25.8. The van der Waals surface area contributed by atoms with E-state index in [2.05, 4.69) is 0 Å². The van der Waals surface area contributed by atoms with Crippen LogP contribution in [0.25, 0.3) is 0 Å². The standard InChI is InChI=1S/C13H24N2O3.C11H19NO4.C2H6.CH4.2H2S/c1-13(2,3)18-12(17)15-8-6-7-10(15)9-11(16)14(4)5;1-11(2,3)16-10(15)12-6-4-5-8(12)7-9(13)14;1-2;;;/h10H,6-9H2,1-5H3;8H,4-7H2,1-3H3,(H,13,14);1-2H3;1H4;2*1H2/t10-;8-;;;;/m00..../s1/i;;1D;;;. The Bertz CT molecular complexity index is 759. The number of carboxylic acid groups (broad SMARTS) is 1. The summed E-state index contributed by atoms with van der Waals surface area (Å²) in [5.41, 5.74) is -1.02. The molecule has 2 aliphatic rings. The minimum Gasteiger partial charge on any atom is -0.481 e. The summed E-state index contributed by atoms with van der Waals surface area (Å²) in [6.07, 6.45) is 3.06. The number of nitrogens with zero attached hydrogens (tertiary/aromatic N) is 3. The van der Waals surface area contributed by atoms with Crippen molar-refractivity contribution in [2.75, 3.05) is 27.2 Å². The minimum atomic E-state index is -0.875. The summed E-state index contributed by atoms with van der Waals surface area (Å²) in [7, 11) is 3.46. The number of rotatable bonds is 4. The number of aliphatic carboxylic acids is 1. The highest BCUT2D eigenvalue weighted by molar-refractivity contribution is 7.59. The number of hydrogen-bond donors (Lipinski definition) is 1. The van der Waals surface area contributed by atoms with Crippen LogP contribution < -0.4 is 0 Å². The van der Waals surface area contributed by atoms with Gasteiger partial charge in [0.2, 0.25) is 5.91 Å². The average molecular weight is 601 g/mol. The minimum absolute atomic E-state index is 0. The lowest BCUT2D eigenvalue weighted by molar-refractivity contribution is -0.138. The van der Waals surface area contributed by atoms with Gasteiger partial charge in [-0.3, -0.25) is 9.59 Å². The number of ether oxygens (including phenoxy) is 2. The Kier molecular flexibility index (Phi) is 21.5. The second kappa shape index (κ2) is 20.1. The van der Waals surface area contributed by atoms with Gasteiger partial charge in [0.05, 0.1) is 6.42 Å². The molecule has 2 fully saturated rings. The van der Waals surface area contributed by atoms with Gasteiger partial charge in [0.1, 0.15) is 11.2 Å². The summed E-state index contributed by atoms with van der Waals surface area (Å²) in [5, 5.41) is 8.73. The molecule has 0 bridgehead atoms. The third-order valence-corrected chi connectivity index (χ3v) is 5.33. The maximum Gasteiger partial charge on any atom is 0.410 e. The smallest absolute Gasteiger partial charge is 0.410 e. The number of carboxylic acids is 1. The van der Waals surface area contributed by atoms with Gasteiger partial charge in [-0.25, -0.2) is 9.59 Å². The lowest BCUT2D eigenvalue weighted by Gasteiger charge is -2.28. The molecule has 2 atom stereocenters. The van der Waals surface area contributed by atoms with Crippen molar-refractivity contribution in [3.63, 3.8) is 0 Å². The second-order valence-corrected chi connectivity index (χ2v) is 11.0. The summed E-state index contributed by atoms with van der Waals surface area (Å²) in [5.74, 6) is -0.823. The molecule has 1 N–H and O–H groups in total. The molecule has 39 heavy (non-hydrogen) atoms. The van der Waals surface area contributed by atoms with Crippen molar-refractivity contribution in [1.82, 2.24) is 14.7 Å². The van der Waals surface area contributed by atoms with Crippen molar-refractivity contribution >= 4 is 51.1 Å². The first-order chi connectivity index (χ1) is 16.9. The maximum absolute atomic E-state index is 12.0. The lowest BCUT2D eigenvalue weighted by atomic mass is 10.1. The van der Waals surface area contributed by atoms with Crippen molar-refractivity contribution in [1.29, 1.82) is 0 Å². The molecule has 0 spiro atoms. The number of likely N-dealkylation sites (tertiary alicyclic amines) is 2. The molecule has 10 nitrogen and oxygen atoms in total. The third kappa shape index (κ3) is 18.2. The van der Waals surface area contributed by atoms with Gasteiger partial charge >= 0.3 is 18.2 Å². The average Bonchev–Trinajstić information content (AvgIpc) is 3.35. The van der Waals surface area contributed by atoms with Crippen molar-refractivity contribution in [3.05, 3.63) is 0 Å². The van der Waals surface area contributed by atoms with Crippen molar-refractivity contribution < 1.29 is 35.1 Å². The molecule has 2 aliphatic heterocycles. The number of amides is 3. The van der Waals surface area contributed by atoms with Crippen LogP contribution in [-0.2, 0) is 19.1 Å². The van der Waals surface area contributed by atoms with Gasteiger partial charge < -0.3 is 29.3 Å². The molecule has 0 aliphatic carbocycles. The van der Waals surface area contributed by atoms with E-state index in [0.29, 0.717) is 26.4 Å². The Balaban J connectivity index is -0.000000277. The van der Waals surface area contributed by atoms with Gasteiger partial charge in [-0.2, -0.15) is 27.0 Å². The van der Waals surface area contributed by atoms with Gasteiger partial charge in [0, 0.05) is 47.1 Å². The Morgan fingerprint density at radius 2 is 1.18 bits per heavy atom. The van der Waals surface area contributed by atoms with Gasteiger partial charge in [-0.05, 0) is 67.2 Å². The van der Waals surface area contributed by atoms with E-state index >= 15 is 0 Å². The van der Waals surface area contributed by atoms with Crippen LogP contribution in [0.4, 0.5) is 9.59 Å². The number of carbonyl (C=O) groups is 4. The summed E-state index contributed by atoms with van der Waals surface area (Å²) in [6.45, 7) is 14.5. The normalized spacial score (nSPS) is 18.2. The van der Waals surface area contributed by atoms with E-state index in [1.54, 1.807) is 51.6 Å². The first-order valence-electron chi connectivity index (χ1n) is 13.3. The molecule has 0 aromatic heterocycles. The zero-order chi connectivity index (χ0) is 29.0. The fourth-order valence-electron chi connectivity index (χ4n) is 3.80. The summed E-state index contributed by atoms with van der Waals surface area (Å²) in [4.78, 5) is 50.9. The molecule has 12 heteroatoms. The van der Waals surface area contributed by atoms with Crippen LogP contribution >= 0.6 is 27.0 Å². The molecule has 2 heterocycles. The van der Waals surface area contributed by atoms with Crippen molar-refractivity contribution in [2.45, 2.75) is 125 Å². The highest BCUT2D eigenvalue weighted by Crippen LogP contribution is 2.24. The molecule has 0 aromatic rings. The topological polar surface area (TPSA) is 117 Å². The first-order valence-corrected chi connectivity index (χ1v) is 12.6. The van der Waals surface area contributed by atoms with Crippen LogP contribution in [0.3, 0.4) is 0 Å². The second-order valence-electron chi connectivity index (χ2n) is 11.0.